The van der Waals surface area contributed by atoms with Gasteiger partial charge in [-0.15, -0.1) is 0 Å². The summed E-state index contributed by atoms with van der Waals surface area (Å²) in [6, 6.07) is 5.54. The Morgan fingerprint density at radius 3 is 2.93 bits per heavy atom. The number of carbonyl (C=O) groups excluding carboxylic acids is 2. The summed E-state index contributed by atoms with van der Waals surface area (Å²) in [6.45, 7) is 4.94. The van der Waals surface area contributed by atoms with Crippen LogP contribution in [0, 0.1) is 12.8 Å². The van der Waals surface area contributed by atoms with E-state index in [4.69, 9.17) is 4.74 Å². The zero-order chi connectivity index (χ0) is 20.2. The molecule has 1 aromatic carbocycles. The Morgan fingerprint density at radius 1 is 1.28 bits per heavy atom. The molecule has 154 valence electrons. The van der Waals surface area contributed by atoms with E-state index in [1.54, 1.807) is 12.3 Å². The van der Waals surface area contributed by atoms with Crippen LogP contribution in [0.15, 0.2) is 36.9 Å². The van der Waals surface area contributed by atoms with Gasteiger partial charge in [0.15, 0.2) is 0 Å². The number of benzene rings is 1. The van der Waals surface area contributed by atoms with Gasteiger partial charge in [0.2, 0.25) is 0 Å². The third-order valence-corrected chi connectivity index (χ3v) is 5.80. The fraction of sp³-hybridized carbons (Fsp3) is 0.500. The average molecular weight is 396 g/mol. The summed E-state index contributed by atoms with van der Waals surface area (Å²) in [5.41, 5.74) is 2.23. The molecule has 2 fully saturated rings. The number of rotatable bonds is 5. The van der Waals surface area contributed by atoms with Gasteiger partial charge in [-0.1, -0.05) is 6.07 Å². The molecule has 2 amide bonds. The summed E-state index contributed by atoms with van der Waals surface area (Å²) in [4.78, 5) is 31.6. The number of piperidine rings is 1. The van der Waals surface area contributed by atoms with Crippen LogP contribution in [0.4, 0.5) is 5.69 Å². The minimum atomic E-state index is -0.389. The molecule has 0 bridgehead atoms. The first kappa shape index (κ1) is 19.6. The van der Waals surface area contributed by atoms with E-state index in [0.29, 0.717) is 23.8 Å². The number of aryl methyl sites for hydroxylation is 1. The maximum atomic E-state index is 13.1. The first-order valence-electron chi connectivity index (χ1n) is 10.4. The minimum Gasteiger partial charge on any atom is -0.368 e. The molecule has 0 saturated carbocycles. The molecule has 2 saturated heterocycles. The molecule has 0 radical (unpaired) electrons. The van der Waals surface area contributed by atoms with Crippen LogP contribution in [0.5, 0.6) is 0 Å². The first-order chi connectivity index (χ1) is 14.1. The van der Waals surface area contributed by atoms with E-state index in [0.717, 1.165) is 50.9 Å². The molecule has 2 atom stereocenters. The highest BCUT2D eigenvalue weighted by atomic mass is 16.5. The number of nitrogens with one attached hydrogen (secondary N) is 1. The minimum absolute atomic E-state index is 0.0212. The lowest BCUT2D eigenvalue weighted by Gasteiger charge is -2.33. The Bertz CT molecular complexity index is 859. The van der Waals surface area contributed by atoms with Crippen LogP contribution in [0.2, 0.25) is 0 Å². The van der Waals surface area contributed by atoms with Crippen LogP contribution >= 0.6 is 0 Å². The lowest BCUT2D eigenvalue weighted by atomic mass is 9.97. The van der Waals surface area contributed by atoms with Gasteiger partial charge in [0.05, 0.1) is 6.33 Å². The number of amides is 2. The zero-order valence-corrected chi connectivity index (χ0v) is 16.8. The molecule has 7 heteroatoms. The number of hydrogen-bond acceptors (Lipinski definition) is 4. The predicted molar refractivity (Wildman–Crippen MR) is 110 cm³/mol. The van der Waals surface area contributed by atoms with Crippen molar-refractivity contribution in [3.8, 4) is 0 Å². The van der Waals surface area contributed by atoms with E-state index in [1.807, 2.05) is 36.5 Å². The molecule has 2 aliphatic heterocycles. The molecule has 0 unspecified atom stereocenters. The fourth-order valence-electron chi connectivity index (χ4n) is 4.16. The summed E-state index contributed by atoms with van der Waals surface area (Å²) in [5, 5.41) is 2.94. The van der Waals surface area contributed by atoms with Gasteiger partial charge in [0.1, 0.15) is 6.10 Å². The summed E-state index contributed by atoms with van der Waals surface area (Å²) < 4.78 is 7.53. The second-order valence-corrected chi connectivity index (χ2v) is 8.04. The van der Waals surface area contributed by atoms with Crippen LogP contribution < -0.4 is 5.32 Å². The molecule has 4 rings (SSSR count). The van der Waals surface area contributed by atoms with Gasteiger partial charge in [-0.3, -0.25) is 9.59 Å². The SMILES string of the molecule is Cc1ccc(C(=O)N2CCC[C@@H](Cn3ccnc3)C2)cc1NC(=O)[C@@H]1CCCO1. The summed E-state index contributed by atoms with van der Waals surface area (Å²) >= 11 is 0. The largest absolute Gasteiger partial charge is 0.368 e. The standard InChI is InChI=1S/C22H28N4O3/c1-16-6-7-18(12-19(16)24-21(27)20-5-3-11-29-20)22(28)26-9-2-4-17(14-26)13-25-10-8-23-15-25/h6-8,10,12,15,17,20H,2-5,9,11,13-14H2,1H3,(H,24,27)/t17-,20-/m0/s1. The maximum absolute atomic E-state index is 13.1. The van der Waals surface area contributed by atoms with Gasteiger partial charge < -0.3 is 19.5 Å². The maximum Gasteiger partial charge on any atom is 0.253 e. The van der Waals surface area contributed by atoms with E-state index in [-0.39, 0.29) is 17.9 Å². The van der Waals surface area contributed by atoms with Gasteiger partial charge in [0.25, 0.3) is 11.8 Å². The van der Waals surface area contributed by atoms with Crippen molar-refractivity contribution in [1.82, 2.24) is 14.5 Å². The molecule has 7 nitrogen and oxygen atoms in total. The molecule has 0 spiro atoms. The van der Waals surface area contributed by atoms with Crippen molar-refractivity contribution >= 4 is 17.5 Å². The first-order valence-corrected chi connectivity index (χ1v) is 10.4. The number of ether oxygens (including phenoxy) is 1. The Morgan fingerprint density at radius 2 is 2.17 bits per heavy atom. The molecule has 2 aliphatic rings. The second-order valence-electron chi connectivity index (χ2n) is 8.04. The van der Waals surface area contributed by atoms with Crippen LogP contribution in [0.3, 0.4) is 0 Å². The molecule has 1 aromatic heterocycles. The number of likely N-dealkylation sites (tertiary alicyclic amines) is 1. The van der Waals surface area contributed by atoms with Crippen molar-refractivity contribution in [2.24, 2.45) is 5.92 Å². The van der Waals surface area contributed by atoms with Crippen LogP contribution in [-0.2, 0) is 16.1 Å². The summed E-state index contributed by atoms with van der Waals surface area (Å²) in [6.07, 6.45) is 8.94. The molecule has 3 heterocycles. The van der Waals surface area contributed by atoms with Gasteiger partial charge in [-0.25, -0.2) is 4.98 Å². The van der Waals surface area contributed by atoms with Crippen molar-refractivity contribution in [2.45, 2.75) is 45.3 Å². The van der Waals surface area contributed by atoms with Crippen molar-refractivity contribution in [3.63, 3.8) is 0 Å². The lowest BCUT2D eigenvalue weighted by molar-refractivity contribution is -0.124. The highest BCUT2D eigenvalue weighted by Gasteiger charge is 2.26. The van der Waals surface area contributed by atoms with Crippen molar-refractivity contribution < 1.29 is 14.3 Å². The molecule has 1 N–H and O–H groups in total. The zero-order valence-electron chi connectivity index (χ0n) is 16.8. The van der Waals surface area contributed by atoms with Crippen LogP contribution in [0.1, 0.15) is 41.6 Å². The van der Waals surface area contributed by atoms with Gasteiger partial charge in [-0.05, 0) is 56.2 Å². The number of anilines is 1. The van der Waals surface area contributed by atoms with E-state index >= 15 is 0 Å². The van der Waals surface area contributed by atoms with Gasteiger partial charge in [-0.2, -0.15) is 0 Å². The Kier molecular flexibility index (Phi) is 5.94. The molecular weight excluding hydrogens is 368 g/mol. The van der Waals surface area contributed by atoms with E-state index in [1.165, 1.54) is 0 Å². The monoisotopic (exact) mass is 396 g/mol. The average Bonchev–Trinajstić information content (AvgIpc) is 3.43. The molecule has 0 aliphatic carbocycles. The third-order valence-electron chi connectivity index (χ3n) is 5.80. The Hall–Kier alpha value is -2.67. The molecule has 29 heavy (non-hydrogen) atoms. The van der Waals surface area contributed by atoms with Crippen molar-refractivity contribution in [1.29, 1.82) is 0 Å². The number of carbonyl (C=O) groups is 2. The van der Waals surface area contributed by atoms with E-state index in [9.17, 15) is 9.59 Å². The highest BCUT2D eigenvalue weighted by Crippen LogP contribution is 2.24. The third kappa shape index (κ3) is 4.67. The number of hydrogen-bond donors (Lipinski definition) is 1. The highest BCUT2D eigenvalue weighted by molar-refractivity contribution is 5.99. The van der Waals surface area contributed by atoms with Crippen LogP contribution in [-0.4, -0.2) is 52.1 Å². The quantitative estimate of drug-likeness (QED) is 0.843. The van der Waals surface area contributed by atoms with E-state index in [2.05, 4.69) is 14.9 Å². The van der Waals surface area contributed by atoms with Gasteiger partial charge >= 0.3 is 0 Å². The number of aromatic nitrogens is 2. The predicted octanol–water partition coefficient (Wildman–Crippen LogP) is 2.86. The van der Waals surface area contributed by atoms with E-state index < -0.39 is 0 Å². The lowest BCUT2D eigenvalue weighted by Crippen LogP contribution is -2.41. The number of imidazole rings is 1. The summed E-state index contributed by atoms with van der Waals surface area (Å²) in [5.74, 6) is 0.313. The molecule has 2 aromatic rings. The van der Waals surface area contributed by atoms with Crippen molar-refractivity contribution in [2.75, 3.05) is 25.0 Å². The topological polar surface area (TPSA) is 76.5 Å². The smallest absolute Gasteiger partial charge is 0.253 e. The second kappa shape index (κ2) is 8.78. The molecular formula is C22H28N4O3. The Labute approximate surface area is 171 Å². The van der Waals surface area contributed by atoms with Gasteiger partial charge in [0, 0.05) is 49.9 Å². The number of nitrogens with zero attached hydrogens (tertiary/aromatic N) is 3. The summed E-state index contributed by atoms with van der Waals surface area (Å²) in [7, 11) is 0. The Balaban J connectivity index is 1.43. The van der Waals surface area contributed by atoms with Crippen LogP contribution in [0.25, 0.3) is 0 Å². The van der Waals surface area contributed by atoms with Crippen molar-refractivity contribution in [3.05, 3.63) is 48.0 Å². The normalized spacial score (nSPS) is 21.9. The fourth-order valence-corrected chi connectivity index (χ4v) is 4.16.